The molecule has 1 aromatic rings. The van der Waals surface area contributed by atoms with E-state index in [4.69, 9.17) is 11.6 Å². The van der Waals surface area contributed by atoms with Crippen LogP contribution in [-0.4, -0.2) is 12.1 Å². The Balaban J connectivity index is 1.78. The predicted molar refractivity (Wildman–Crippen MR) is 69.9 cm³/mol. The fourth-order valence-corrected chi connectivity index (χ4v) is 2.60. The summed E-state index contributed by atoms with van der Waals surface area (Å²) in [6.07, 6.45) is 3.76. The van der Waals surface area contributed by atoms with Gasteiger partial charge in [0.05, 0.1) is 0 Å². The highest BCUT2D eigenvalue weighted by atomic mass is 35.5. The molecule has 1 aromatic carbocycles. The average molecular weight is 238 g/mol. The van der Waals surface area contributed by atoms with Crippen LogP contribution in [0.25, 0.3) is 0 Å². The summed E-state index contributed by atoms with van der Waals surface area (Å²) in [5.74, 6) is 0.917. The van der Waals surface area contributed by atoms with Gasteiger partial charge in [0.15, 0.2) is 0 Å². The molecule has 0 amide bonds. The van der Waals surface area contributed by atoms with E-state index < -0.39 is 0 Å². The zero-order valence-corrected chi connectivity index (χ0v) is 10.8. The van der Waals surface area contributed by atoms with E-state index in [0.717, 1.165) is 23.4 Å². The number of halogens is 1. The van der Waals surface area contributed by atoms with Crippen molar-refractivity contribution in [3.05, 3.63) is 34.9 Å². The van der Waals surface area contributed by atoms with E-state index in [2.05, 4.69) is 31.3 Å². The van der Waals surface area contributed by atoms with Crippen molar-refractivity contribution in [2.75, 3.05) is 0 Å². The van der Waals surface area contributed by atoms with Crippen LogP contribution in [0.2, 0.25) is 5.02 Å². The maximum Gasteiger partial charge on any atom is 0.0406 e. The van der Waals surface area contributed by atoms with Gasteiger partial charge in [0, 0.05) is 17.1 Å². The first-order valence-electron chi connectivity index (χ1n) is 6.14. The van der Waals surface area contributed by atoms with Crippen molar-refractivity contribution in [1.29, 1.82) is 0 Å². The minimum atomic E-state index is 0.554. The standard InChI is InChI=1S/C14H20ClN/c1-10-7-14(8-10)16-11(2)9-12-3-5-13(15)6-4-12/h3-6,10-11,14,16H,7-9H2,1-2H3. The van der Waals surface area contributed by atoms with E-state index in [0.29, 0.717) is 6.04 Å². The molecular weight excluding hydrogens is 218 g/mol. The lowest BCUT2D eigenvalue weighted by Gasteiger charge is -2.35. The molecule has 0 radical (unpaired) electrons. The van der Waals surface area contributed by atoms with E-state index >= 15 is 0 Å². The molecule has 0 spiro atoms. The Labute approximate surface area is 103 Å². The average Bonchev–Trinajstić information content (AvgIpc) is 2.19. The lowest BCUT2D eigenvalue weighted by atomic mass is 9.81. The Bertz CT molecular complexity index is 327. The molecule has 0 heterocycles. The third-order valence-electron chi connectivity index (χ3n) is 3.35. The molecule has 0 bridgehead atoms. The van der Waals surface area contributed by atoms with Crippen LogP contribution in [0.1, 0.15) is 32.3 Å². The Morgan fingerprint density at radius 2 is 1.94 bits per heavy atom. The van der Waals surface area contributed by atoms with Gasteiger partial charge >= 0.3 is 0 Å². The molecule has 0 saturated heterocycles. The van der Waals surface area contributed by atoms with Gasteiger partial charge in [0.2, 0.25) is 0 Å². The minimum absolute atomic E-state index is 0.554. The highest BCUT2D eigenvalue weighted by Gasteiger charge is 2.25. The third kappa shape index (κ3) is 3.23. The maximum atomic E-state index is 5.86. The third-order valence-corrected chi connectivity index (χ3v) is 3.60. The van der Waals surface area contributed by atoms with Gasteiger partial charge in [-0.2, -0.15) is 0 Å². The summed E-state index contributed by atoms with van der Waals surface area (Å²) in [5, 5.41) is 4.49. The predicted octanol–water partition coefficient (Wildman–Crippen LogP) is 3.66. The molecule has 1 N–H and O–H groups in total. The Kier molecular flexibility index (Phi) is 3.88. The van der Waals surface area contributed by atoms with Crippen molar-refractivity contribution in [3.63, 3.8) is 0 Å². The molecule has 1 aliphatic carbocycles. The van der Waals surface area contributed by atoms with Gasteiger partial charge in [-0.3, -0.25) is 0 Å². The van der Waals surface area contributed by atoms with Crippen molar-refractivity contribution in [3.8, 4) is 0 Å². The van der Waals surface area contributed by atoms with Crippen LogP contribution in [-0.2, 0) is 6.42 Å². The summed E-state index contributed by atoms with van der Waals surface area (Å²) in [6, 6.07) is 9.47. The quantitative estimate of drug-likeness (QED) is 0.843. The van der Waals surface area contributed by atoms with Crippen molar-refractivity contribution < 1.29 is 0 Å². The number of hydrogen-bond acceptors (Lipinski definition) is 1. The van der Waals surface area contributed by atoms with Crippen molar-refractivity contribution in [2.24, 2.45) is 5.92 Å². The zero-order chi connectivity index (χ0) is 11.5. The van der Waals surface area contributed by atoms with E-state index in [9.17, 15) is 0 Å². The second kappa shape index (κ2) is 5.20. The molecule has 1 unspecified atom stereocenters. The number of nitrogens with one attached hydrogen (secondary N) is 1. The first-order chi connectivity index (χ1) is 7.63. The smallest absolute Gasteiger partial charge is 0.0406 e. The number of hydrogen-bond donors (Lipinski definition) is 1. The van der Waals surface area contributed by atoms with E-state index in [1.807, 2.05) is 12.1 Å². The van der Waals surface area contributed by atoms with Gasteiger partial charge in [0.1, 0.15) is 0 Å². The lowest BCUT2D eigenvalue weighted by molar-refractivity contribution is 0.225. The minimum Gasteiger partial charge on any atom is -0.311 e. The summed E-state index contributed by atoms with van der Waals surface area (Å²) < 4.78 is 0. The van der Waals surface area contributed by atoms with Crippen LogP contribution in [0.4, 0.5) is 0 Å². The first-order valence-corrected chi connectivity index (χ1v) is 6.52. The van der Waals surface area contributed by atoms with Crippen molar-refractivity contribution in [2.45, 2.75) is 45.2 Å². The van der Waals surface area contributed by atoms with E-state index in [1.165, 1.54) is 18.4 Å². The fraction of sp³-hybridized carbons (Fsp3) is 0.571. The summed E-state index contributed by atoms with van der Waals surface area (Å²) in [7, 11) is 0. The molecule has 1 aliphatic rings. The Morgan fingerprint density at radius 1 is 1.31 bits per heavy atom. The summed E-state index contributed by atoms with van der Waals surface area (Å²) in [4.78, 5) is 0. The molecule has 16 heavy (non-hydrogen) atoms. The largest absolute Gasteiger partial charge is 0.311 e. The first kappa shape index (κ1) is 11.9. The Hall–Kier alpha value is -0.530. The van der Waals surface area contributed by atoms with Crippen LogP contribution < -0.4 is 5.32 Å². The second-order valence-electron chi connectivity index (χ2n) is 5.17. The monoisotopic (exact) mass is 237 g/mol. The molecule has 1 atom stereocenters. The molecule has 88 valence electrons. The second-order valence-corrected chi connectivity index (χ2v) is 5.61. The summed E-state index contributed by atoms with van der Waals surface area (Å²) >= 11 is 5.86. The van der Waals surface area contributed by atoms with E-state index in [1.54, 1.807) is 0 Å². The number of benzene rings is 1. The molecule has 2 heteroatoms. The SMILES string of the molecule is CC1CC(NC(C)Cc2ccc(Cl)cc2)C1. The van der Waals surface area contributed by atoms with Crippen molar-refractivity contribution in [1.82, 2.24) is 5.32 Å². The lowest BCUT2D eigenvalue weighted by Crippen LogP contribution is -2.45. The van der Waals surface area contributed by atoms with Gasteiger partial charge in [-0.1, -0.05) is 30.7 Å². The van der Waals surface area contributed by atoms with Gasteiger partial charge in [0.25, 0.3) is 0 Å². The summed E-state index contributed by atoms with van der Waals surface area (Å²) in [6.45, 7) is 4.58. The summed E-state index contributed by atoms with van der Waals surface area (Å²) in [5.41, 5.74) is 1.36. The van der Waals surface area contributed by atoms with Gasteiger partial charge in [-0.05, 0) is 49.8 Å². The molecule has 1 fully saturated rings. The number of rotatable bonds is 4. The van der Waals surface area contributed by atoms with Crippen LogP contribution in [0, 0.1) is 5.92 Å². The molecule has 0 aromatic heterocycles. The van der Waals surface area contributed by atoms with Crippen LogP contribution >= 0.6 is 11.6 Å². The Morgan fingerprint density at radius 3 is 2.50 bits per heavy atom. The van der Waals surface area contributed by atoms with E-state index in [-0.39, 0.29) is 0 Å². The zero-order valence-electron chi connectivity index (χ0n) is 10.0. The molecule has 1 nitrogen and oxygen atoms in total. The maximum absolute atomic E-state index is 5.86. The van der Waals surface area contributed by atoms with Crippen LogP contribution in [0.15, 0.2) is 24.3 Å². The highest BCUT2D eigenvalue weighted by Crippen LogP contribution is 2.26. The fourth-order valence-electron chi connectivity index (χ4n) is 2.47. The normalized spacial score (nSPS) is 26.2. The molecule has 1 saturated carbocycles. The topological polar surface area (TPSA) is 12.0 Å². The molecular formula is C14H20ClN. The molecule has 0 aliphatic heterocycles. The highest BCUT2D eigenvalue weighted by molar-refractivity contribution is 6.30. The molecule has 2 rings (SSSR count). The van der Waals surface area contributed by atoms with Gasteiger partial charge < -0.3 is 5.32 Å². The van der Waals surface area contributed by atoms with Gasteiger partial charge in [-0.15, -0.1) is 0 Å². The van der Waals surface area contributed by atoms with Gasteiger partial charge in [-0.25, -0.2) is 0 Å². The van der Waals surface area contributed by atoms with Crippen LogP contribution in [0.3, 0.4) is 0 Å². The van der Waals surface area contributed by atoms with Crippen LogP contribution in [0.5, 0.6) is 0 Å². The van der Waals surface area contributed by atoms with Crippen molar-refractivity contribution >= 4 is 11.6 Å².